The van der Waals surface area contributed by atoms with Crippen LogP contribution in [0.2, 0.25) is 0 Å². The van der Waals surface area contributed by atoms with E-state index in [9.17, 15) is 0 Å². The van der Waals surface area contributed by atoms with Crippen LogP contribution in [0.4, 0.5) is 0 Å². The molecule has 1 aromatic carbocycles. The molecule has 1 aliphatic rings. The minimum Gasteiger partial charge on any atom is -0.376 e. The second kappa shape index (κ2) is 4.97. The van der Waals surface area contributed by atoms with Crippen LogP contribution in [0.1, 0.15) is 29.7 Å². The number of nitrogens with two attached hydrogens (primary N) is 1. The Bertz CT molecular complexity index is 340. The van der Waals surface area contributed by atoms with Gasteiger partial charge in [-0.1, -0.05) is 30.7 Å². The first kappa shape index (κ1) is 12.5. The lowest BCUT2D eigenvalue weighted by atomic mass is 9.92. The van der Waals surface area contributed by atoms with Gasteiger partial charge in [-0.25, -0.2) is 0 Å². The fourth-order valence-corrected chi connectivity index (χ4v) is 1.92. The van der Waals surface area contributed by atoms with Crippen molar-refractivity contribution < 1.29 is 4.74 Å². The minimum absolute atomic E-state index is 0. The maximum atomic E-state index is 6.18. The molecule has 0 amide bonds. The summed E-state index contributed by atoms with van der Waals surface area (Å²) in [6, 6.07) is 6.55. The van der Waals surface area contributed by atoms with Crippen LogP contribution in [0.3, 0.4) is 0 Å². The van der Waals surface area contributed by atoms with Crippen LogP contribution in [-0.2, 0) is 11.3 Å². The molecule has 2 unspecified atom stereocenters. The maximum Gasteiger partial charge on any atom is 0.0720 e. The summed E-state index contributed by atoms with van der Waals surface area (Å²) in [5, 5.41) is 0. The summed E-state index contributed by atoms with van der Waals surface area (Å²) in [6.07, 6.45) is 0. The predicted octanol–water partition coefficient (Wildman–Crippen LogP) is 2.58. The summed E-state index contributed by atoms with van der Waals surface area (Å²) in [7, 11) is 0. The van der Waals surface area contributed by atoms with Gasteiger partial charge in [0.2, 0.25) is 0 Å². The van der Waals surface area contributed by atoms with Crippen molar-refractivity contribution in [3.63, 3.8) is 0 Å². The Hall–Kier alpha value is -0.570. The molecule has 15 heavy (non-hydrogen) atoms. The summed E-state index contributed by atoms with van der Waals surface area (Å²) < 4.78 is 5.56. The molecule has 0 radical (unpaired) electrons. The van der Waals surface area contributed by atoms with Gasteiger partial charge in [0, 0.05) is 6.04 Å². The fraction of sp³-hybridized carbons (Fsp3) is 0.500. The molecule has 0 bridgehead atoms. The number of hydrogen-bond acceptors (Lipinski definition) is 2. The second-order valence-corrected chi connectivity index (χ2v) is 4.22. The zero-order valence-corrected chi connectivity index (χ0v) is 10.0. The molecule has 1 aromatic rings. The molecule has 1 heterocycles. The third kappa shape index (κ3) is 2.51. The molecule has 0 aliphatic carbocycles. The van der Waals surface area contributed by atoms with Gasteiger partial charge in [0.1, 0.15) is 0 Å². The van der Waals surface area contributed by atoms with Crippen LogP contribution >= 0.6 is 12.4 Å². The highest BCUT2D eigenvalue weighted by atomic mass is 35.5. The zero-order valence-electron chi connectivity index (χ0n) is 9.19. The van der Waals surface area contributed by atoms with E-state index in [0.29, 0.717) is 12.5 Å². The predicted molar refractivity (Wildman–Crippen MR) is 64.2 cm³/mol. The van der Waals surface area contributed by atoms with Crippen molar-refractivity contribution >= 4 is 12.4 Å². The van der Waals surface area contributed by atoms with Gasteiger partial charge in [-0.05, 0) is 24.0 Å². The highest BCUT2D eigenvalue weighted by Gasteiger charge is 2.21. The lowest BCUT2D eigenvalue weighted by molar-refractivity contribution is 0.0941. The Morgan fingerprint density at radius 3 is 2.87 bits per heavy atom. The summed E-state index contributed by atoms with van der Waals surface area (Å²) in [6.45, 7) is 5.70. The molecule has 2 atom stereocenters. The zero-order chi connectivity index (χ0) is 10.1. The van der Waals surface area contributed by atoms with Crippen molar-refractivity contribution in [3.05, 3.63) is 34.9 Å². The van der Waals surface area contributed by atoms with Crippen molar-refractivity contribution in [2.24, 2.45) is 11.7 Å². The van der Waals surface area contributed by atoms with Crippen LogP contribution < -0.4 is 5.73 Å². The maximum absolute atomic E-state index is 6.18. The number of benzene rings is 1. The van der Waals surface area contributed by atoms with Crippen molar-refractivity contribution in [2.45, 2.75) is 26.5 Å². The molecule has 0 saturated carbocycles. The first-order valence-electron chi connectivity index (χ1n) is 5.11. The van der Waals surface area contributed by atoms with Crippen molar-refractivity contribution in [1.29, 1.82) is 0 Å². The first-order valence-corrected chi connectivity index (χ1v) is 5.11. The van der Waals surface area contributed by atoms with Crippen molar-refractivity contribution in [3.8, 4) is 0 Å². The Labute approximate surface area is 97.2 Å². The molecule has 2 N–H and O–H groups in total. The van der Waals surface area contributed by atoms with E-state index < -0.39 is 0 Å². The lowest BCUT2D eigenvalue weighted by Crippen LogP contribution is -2.21. The number of fused-ring (bicyclic) bond motifs is 1. The minimum atomic E-state index is 0. The Kier molecular flexibility index (Phi) is 4.14. The Morgan fingerprint density at radius 1 is 1.40 bits per heavy atom. The van der Waals surface area contributed by atoms with Crippen molar-refractivity contribution in [2.75, 3.05) is 6.61 Å². The fourth-order valence-electron chi connectivity index (χ4n) is 1.92. The molecule has 3 heteroatoms. The third-order valence-electron chi connectivity index (χ3n) is 2.91. The van der Waals surface area contributed by atoms with Gasteiger partial charge >= 0.3 is 0 Å². The van der Waals surface area contributed by atoms with Gasteiger partial charge in [0.15, 0.2) is 0 Å². The van der Waals surface area contributed by atoms with E-state index in [0.717, 1.165) is 6.61 Å². The van der Waals surface area contributed by atoms with Gasteiger partial charge in [0.05, 0.1) is 13.2 Å². The molecule has 2 nitrogen and oxygen atoms in total. The van der Waals surface area contributed by atoms with Gasteiger partial charge < -0.3 is 10.5 Å². The van der Waals surface area contributed by atoms with Crippen LogP contribution in [0.15, 0.2) is 18.2 Å². The van der Waals surface area contributed by atoms with E-state index in [2.05, 4.69) is 32.0 Å². The number of halogens is 1. The quantitative estimate of drug-likeness (QED) is 0.740. The van der Waals surface area contributed by atoms with Gasteiger partial charge in [0.25, 0.3) is 0 Å². The highest BCUT2D eigenvalue weighted by Crippen LogP contribution is 2.28. The van der Waals surface area contributed by atoms with E-state index in [1.807, 2.05) is 0 Å². The largest absolute Gasteiger partial charge is 0.376 e. The van der Waals surface area contributed by atoms with E-state index in [4.69, 9.17) is 10.5 Å². The van der Waals surface area contributed by atoms with Crippen LogP contribution in [0, 0.1) is 12.8 Å². The first-order chi connectivity index (χ1) is 6.68. The monoisotopic (exact) mass is 227 g/mol. The highest BCUT2D eigenvalue weighted by molar-refractivity contribution is 5.85. The van der Waals surface area contributed by atoms with Gasteiger partial charge in [-0.3, -0.25) is 0 Å². The van der Waals surface area contributed by atoms with E-state index in [1.54, 1.807) is 0 Å². The summed E-state index contributed by atoms with van der Waals surface area (Å²) >= 11 is 0. The summed E-state index contributed by atoms with van der Waals surface area (Å²) in [5.41, 5.74) is 9.95. The normalized spacial score (nSPS) is 25.0. The number of ether oxygens (including phenoxy) is 1. The third-order valence-corrected chi connectivity index (χ3v) is 2.91. The van der Waals surface area contributed by atoms with E-state index in [1.165, 1.54) is 16.7 Å². The number of hydrogen-bond donors (Lipinski definition) is 1. The Balaban J connectivity index is 0.00000112. The van der Waals surface area contributed by atoms with E-state index in [-0.39, 0.29) is 18.4 Å². The molecule has 84 valence electrons. The smallest absolute Gasteiger partial charge is 0.0720 e. The SMILES string of the molecule is Cc1ccc2c(c1)C(N)C(C)COC2.Cl. The van der Waals surface area contributed by atoms with Crippen LogP contribution in [-0.4, -0.2) is 6.61 Å². The van der Waals surface area contributed by atoms with Crippen LogP contribution in [0.25, 0.3) is 0 Å². The molecular weight excluding hydrogens is 210 g/mol. The second-order valence-electron chi connectivity index (χ2n) is 4.22. The molecule has 0 saturated heterocycles. The Morgan fingerprint density at radius 2 is 2.13 bits per heavy atom. The van der Waals surface area contributed by atoms with Gasteiger partial charge in [-0.2, -0.15) is 0 Å². The average Bonchev–Trinajstić information content (AvgIpc) is 2.30. The molecule has 1 aliphatic heterocycles. The van der Waals surface area contributed by atoms with Crippen LogP contribution in [0.5, 0.6) is 0 Å². The van der Waals surface area contributed by atoms with E-state index >= 15 is 0 Å². The summed E-state index contributed by atoms with van der Waals surface area (Å²) in [4.78, 5) is 0. The lowest BCUT2D eigenvalue weighted by Gasteiger charge is -2.18. The average molecular weight is 228 g/mol. The molecule has 2 rings (SSSR count). The molecule has 0 aromatic heterocycles. The molecule has 0 fully saturated rings. The standard InChI is InChI=1S/C12H17NO.ClH/c1-8-3-4-10-7-14-6-9(2)12(13)11(10)5-8;/h3-5,9,12H,6-7,13H2,1-2H3;1H. The number of aryl methyl sites for hydroxylation is 1. The molecule has 0 spiro atoms. The molecular formula is C12H18ClNO. The summed E-state index contributed by atoms with van der Waals surface area (Å²) in [5.74, 6) is 0.401. The topological polar surface area (TPSA) is 35.2 Å². The number of rotatable bonds is 0. The van der Waals surface area contributed by atoms with Gasteiger partial charge in [-0.15, -0.1) is 12.4 Å². The van der Waals surface area contributed by atoms with Crippen molar-refractivity contribution in [1.82, 2.24) is 0 Å².